The summed E-state index contributed by atoms with van der Waals surface area (Å²) in [6.07, 6.45) is 12.2. The molecule has 37 heavy (non-hydrogen) atoms. The van der Waals surface area contributed by atoms with Crippen LogP contribution in [0, 0.1) is 5.92 Å². The molecule has 2 saturated carbocycles. The second-order valence-corrected chi connectivity index (χ2v) is 11.9. The molecule has 1 aromatic carbocycles. The Balaban J connectivity index is 1.19. The van der Waals surface area contributed by atoms with E-state index in [0.717, 1.165) is 65.6 Å². The monoisotopic (exact) mass is 531 g/mol. The zero-order valence-electron chi connectivity index (χ0n) is 20.6. The van der Waals surface area contributed by atoms with E-state index in [-0.39, 0.29) is 11.3 Å². The molecule has 0 unspecified atom stereocenters. The SMILES string of the molecule is O[C@@H]1C[C@@H](C2=CCCN(C3CC3)C2)C[C@H]1n1cc(-c2nc(Cc3ccccc3)cs2)c2cnc(Cl)nc21. The van der Waals surface area contributed by atoms with E-state index in [1.165, 1.54) is 30.5 Å². The van der Waals surface area contributed by atoms with Crippen LogP contribution in [0.5, 0.6) is 0 Å². The van der Waals surface area contributed by atoms with E-state index in [2.05, 4.69) is 61.4 Å². The van der Waals surface area contributed by atoms with Crippen molar-refractivity contribution in [1.82, 2.24) is 24.4 Å². The molecule has 0 amide bonds. The van der Waals surface area contributed by atoms with Crippen molar-refractivity contribution in [2.45, 2.75) is 56.7 Å². The number of nitrogens with zero attached hydrogens (tertiary/aromatic N) is 5. The first kappa shape index (κ1) is 23.5. The molecule has 1 N–H and O–H groups in total. The van der Waals surface area contributed by atoms with E-state index >= 15 is 0 Å². The number of benzene rings is 1. The summed E-state index contributed by atoms with van der Waals surface area (Å²) in [5.74, 6) is 0.400. The lowest BCUT2D eigenvalue weighted by atomic mass is 9.93. The van der Waals surface area contributed by atoms with Crippen molar-refractivity contribution >= 4 is 34.0 Å². The summed E-state index contributed by atoms with van der Waals surface area (Å²) < 4.78 is 2.14. The molecule has 4 aromatic rings. The fraction of sp³-hybridized carbons (Fsp3) is 0.414. The minimum Gasteiger partial charge on any atom is -0.391 e. The van der Waals surface area contributed by atoms with Crippen LogP contribution >= 0.6 is 22.9 Å². The molecule has 8 heteroatoms. The Kier molecular flexibility index (Phi) is 6.12. The van der Waals surface area contributed by atoms with Crippen LogP contribution in [0.4, 0.5) is 0 Å². The van der Waals surface area contributed by atoms with Gasteiger partial charge in [-0.3, -0.25) is 4.90 Å². The van der Waals surface area contributed by atoms with E-state index in [0.29, 0.717) is 5.92 Å². The summed E-state index contributed by atoms with van der Waals surface area (Å²) in [6.45, 7) is 2.23. The van der Waals surface area contributed by atoms with Crippen LogP contribution in [0.15, 0.2) is 59.8 Å². The Bertz CT molecular complexity index is 1460. The molecule has 0 saturated heterocycles. The van der Waals surface area contributed by atoms with Crippen LogP contribution in [0.25, 0.3) is 21.6 Å². The Hall–Kier alpha value is -2.58. The number of aliphatic hydroxyl groups is 1. The van der Waals surface area contributed by atoms with Crippen LogP contribution in [-0.2, 0) is 6.42 Å². The summed E-state index contributed by atoms with van der Waals surface area (Å²) in [7, 11) is 0. The van der Waals surface area contributed by atoms with Gasteiger partial charge in [-0.1, -0.05) is 42.0 Å². The van der Waals surface area contributed by atoms with Gasteiger partial charge >= 0.3 is 0 Å². The van der Waals surface area contributed by atoms with Gasteiger partial charge < -0.3 is 9.67 Å². The third-order valence-corrected chi connectivity index (χ3v) is 9.31. The molecule has 6 nitrogen and oxygen atoms in total. The van der Waals surface area contributed by atoms with Crippen molar-refractivity contribution in [3.05, 3.63) is 76.3 Å². The van der Waals surface area contributed by atoms with Gasteiger partial charge in [0.1, 0.15) is 10.7 Å². The fourth-order valence-corrected chi connectivity index (χ4v) is 7.16. The van der Waals surface area contributed by atoms with Gasteiger partial charge in [-0.25, -0.2) is 9.97 Å². The largest absolute Gasteiger partial charge is 0.391 e. The molecule has 0 radical (unpaired) electrons. The maximum absolute atomic E-state index is 11.3. The highest BCUT2D eigenvalue weighted by molar-refractivity contribution is 7.13. The van der Waals surface area contributed by atoms with Crippen molar-refractivity contribution in [2.75, 3.05) is 13.1 Å². The van der Waals surface area contributed by atoms with E-state index in [1.54, 1.807) is 17.5 Å². The lowest BCUT2D eigenvalue weighted by Gasteiger charge is -2.30. The summed E-state index contributed by atoms with van der Waals surface area (Å²) in [5, 5.41) is 15.5. The van der Waals surface area contributed by atoms with Crippen LogP contribution in [0.3, 0.4) is 0 Å². The number of fused-ring (bicyclic) bond motifs is 1. The quantitative estimate of drug-likeness (QED) is 0.247. The van der Waals surface area contributed by atoms with Crippen LogP contribution in [-0.4, -0.2) is 54.8 Å². The maximum atomic E-state index is 11.3. The fourth-order valence-electron chi connectivity index (χ4n) is 6.18. The van der Waals surface area contributed by atoms with Gasteiger partial charge in [-0.05, 0) is 55.2 Å². The minimum absolute atomic E-state index is 0.0480. The summed E-state index contributed by atoms with van der Waals surface area (Å²) in [6, 6.07) is 11.1. The third-order valence-electron chi connectivity index (χ3n) is 8.20. The highest BCUT2D eigenvalue weighted by Gasteiger charge is 2.39. The van der Waals surface area contributed by atoms with Crippen molar-refractivity contribution in [3.8, 4) is 10.6 Å². The average Bonchev–Trinajstić information content (AvgIpc) is 3.39. The Labute approximate surface area is 225 Å². The Morgan fingerprint density at radius 1 is 1.11 bits per heavy atom. The normalized spacial score (nSPS) is 24.6. The molecule has 2 fully saturated rings. The van der Waals surface area contributed by atoms with Gasteiger partial charge in [-0.15, -0.1) is 11.3 Å². The number of aliphatic hydroxyl groups excluding tert-OH is 1. The van der Waals surface area contributed by atoms with E-state index < -0.39 is 6.10 Å². The molecule has 4 heterocycles. The first-order valence-electron chi connectivity index (χ1n) is 13.2. The average molecular weight is 532 g/mol. The number of hydrogen-bond donors (Lipinski definition) is 1. The first-order chi connectivity index (χ1) is 18.1. The van der Waals surface area contributed by atoms with Crippen LogP contribution < -0.4 is 0 Å². The highest BCUT2D eigenvalue weighted by atomic mass is 35.5. The lowest BCUT2D eigenvalue weighted by Crippen LogP contribution is -2.33. The van der Waals surface area contributed by atoms with Gasteiger partial charge in [0.05, 0.1) is 17.8 Å². The van der Waals surface area contributed by atoms with Crippen molar-refractivity contribution in [1.29, 1.82) is 0 Å². The van der Waals surface area contributed by atoms with Crippen LogP contribution in [0.2, 0.25) is 5.28 Å². The molecule has 190 valence electrons. The molecular weight excluding hydrogens is 502 g/mol. The topological polar surface area (TPSA) is 67.1 Å². The molecule has 0 bridgehead atoms. The second kappa shape index (κ2) is 9.62. The predicted molar refractivity (Wildman–Crippen MR) is 148 cm³/mol. The molecule has 1 aliphatic heterocycles. The number of hydrogen-bond acceptors (Lipinski definition) is 6. The standard InChI is InChI=1S/C29H30ClN5OS/c30-29-31-14-23-24(28-32-21(17-37-28)11-18-5-2-1-3-6-18)16-35(27(23)33-29)25-12-20(13-26(25)36)19-7-4-10-34(15-19)22-8-9-22/h1-3,5-7,14,16-17,20,22,25-26,36H,4,8-13,15H2/t20-,25+,26+/m0/s1. The highest BCUT2D eigenvalue weighted by Crippen LogP contribution is 2.44. The van der Waals surface area contributed by atoms with Gasteiger partial charge in [0, 0.05) is 54.3 Å². The van der Waals surface area contributed by atoms with E-state index in [9.17, 15) is 5.11 Å². The summed E-state index contributed by atoms with van der Waals surface area (Å²) in [5.41, 5.74) is 5.58. The predicted octanol–water partition coefficient (Wildman–Crippen LogP) is 5.91. The number of rotatable bonds is 6. The summed E-state index contributed by atoms with van der Waals surface area (Å²) >= 11 is 7.90. The smallest absolute Gasteiger partial charge is 0.224 e. The van der Waals surface area contributed by atoms with Crippen molar-refractivity contribution in [3.63, 3.8) is 0 Å². The first-order valence-corrected chi connectivity index (χ1v) is 14.5. The molecule has 3 aliphatic rings. The van der Waals surface area contributed by atoms with Gasteiger partial charge in [-0.2, -0.15) is 4.98 Å². The minimum atomic E-state index is -0.427. The van der Waals surface area contributed by atoms with Gasteiger partial charge in [0.2, 0.25) is 5.28 Å². The van der Waals surface area contributed by atoms with Crippen molar-refractivity contribution in [2.24, 2.45) is 5.92 Å². The van der Waals surface area contributed by atoms with E-state index in [4.69, 9.17) is 16.6 Å². The van der Waals surface area contributed by atoms with Gasteiger partial charge in [0.15, 0.2) is 0 Å². The zero-order chi connectivity index (χ0) is 24.9. The number of aromatic nitrogens is 4. The molecule has 2 aliphatic carbocycles. The molecule has 7 rings (SSSR count). The maximum Gasteiger partial charge on any atom is 0.224 e. The molecule has 3 aromatic heterocycles. The molecular formula is C29H30ClN5OS. The van der Waals surface area contributed by atoms with Gasteiger partial charge in [0.25, 0.3) is 0 Å². The Morgan fingerprint density at radius 3 is 2.81 bits per heavy atom. The molecule has 0 spiro atoms. The Morgan fingerprint density at radius 2 is 1.97 bits per heavy atom. The van der Waals surface area contributed by atoms with Crippen LogP contribution in [0.1, 0.15) is 49.4 Å². The van der Waals surface area contributed by atoms with Crippen molar-refractivity contribution < 1.29 is 5.11 Å². The van der Waals surface area contributed by atoms with E-state index in [1.807, 2.05) is 6.07 Å². The third kappa shape index (κ3) is 4.63. The number of halogens is 1. The molecule has 3 atom stereocenters. The zero-order valence-corrected chi connectivity index (χ0v) is 22.2. The lowest BCUT2D eigenvalue weighted by molar-refractivity contribution is 0.136. The number of thiazole rings is 1. The second-order valence-electron chi connectivity index (χ2n) is 10.7. The summed E-state index contributed by atoms with van der Waals surface area (Å²) in [4.78, 5) is 16.5.